The molecular weight excluding hydrogens is 406 g/mol. The highest BCUT2D eigenvalue weighted by atomic mass is 16.5. The summed E-state index contributed by atoms with van der Waals surface area (Å²) in [6.07, 6.45) is 0.758. The zero-order chi connectivity index (χ0) is 21.9. The Labute approximate surface area is 175 Å². The fourth-order valence-corrected chi connectivity index (χ4v) is 4.26. The third kappa shape index (κ3) is 3.05. The van der Waals surface area contributed by atoms with Crippen LogP contribution in [0.25, 0.3) is 11.0 Å². The largest absolute Gasteiger partial charge is 0.354 e. The Hall–Kier alpha value is -3.73. The zero-order valence-corrected chi connectivity index (χ0v) is 16.5. The molecule has 1 aromatic heterocycles. The molecule has 31 heavy (non-hydrogen) atoms. The zero-order valence-electron chi connectivity index (χ0n) is 16.5. The summed E-state index contributed by atoms with van der Waals surface area (Å²) in [5, 5.41) is 2.62. The van der Waals surface area contributed by atoms with Gasteiger partial charge >= 0.3 is 5.69 Å². The quantitative estimate of drug-likeness (QED) is 0.317. The normalized spacial score (nSPS) is 25.5. The fraction of sp³-hybridized carbons (Fsp3) is 0.350. The summed E-state index contributed by atoms with van der Waals surface area (Å²) < 4.78 is 5.60. The molecule has 2 aromatic rings. The third-order valence-corrected chi connectivity index (χ3v) is 5.79. The number of hydrogen-bond donors (Lipinski definition) is 3. The van der Waals surface area contributed by atoms with Crippen LogP contribution in [0.15, 0.2) is 34.8 Å². The molecule has 160 valence electrons. The predicted octanol–water partition coefficient (Wildman–Crippen LogP) is -1.23. The van der Waals surface area contributed by atoms with Gasteiger partial charge in [0.25, 0.3) is 11.8 Å². The minimum absolute atomic E-state index is 0.0835. The van der Waals surface area contributed by atoms with Crippen LogP contribution in [0.2, 0.25) is 0 Å². The van der Waals surface area contributed by atoms with Gasteiger partial charge in [0.05, 0.1) is 30.2 Å². The fourth-order valence-electron chi connectivity index (χ4n) is 4.26. The molecule has 2 fully saturated rings. The van der Waals surface area contributed by atoms with E-state index in [0.717, 1.165) is 0 Å². The molecule has 3 aliphatic heterocycles. The van der Waals surface area contributed by atoms with Crippen molar-refractivity contribution in [1.29, 1.82) is 0 Å². The van der Waals surface area contributed by atoms with E-state index in [1.54, 1.807) is 18.2 Å². The number of carbonyl (C=O) groups is 4. The number of amides is 2. The number of nitrogens with one attached hydrogen (secondary N) is 3. The highest BCUT2D eigenvalue weighted by Crippen LogP contribution is 2.29. The van der Waals surface area contributed by atoms with Gasteiger partial charge < -0.3 is 29.8 Å². The maximum Gasteiger partial charge on any atom is 0.323 e. The number of carbonyl (C=O) groups excluding carboxylic acids is 4. The maximum absolute atomic E-state index is 12.8. The van der Waals surface area contributed by atoms with E-state index in [0.29, 0.717) is 23.2 Å². The minimum Gasteiger partial charge on any atom is -0.354 e. The lowest BCUT2D eigenvalue weighted by Crippen LogP contribution is -2.65. The van der Waals surface area contributed by atoms with E-state index in [4.69, 9.17) is 4.74 Å². The number of aromatic amines is 2. The molecule has 5 rings (SSSR count). The van der Waals surface area contributed by atoms with Gasteiger partial charge in [0, 0.05) is 12.7 Å². The van der Waals surface area contributed by atoms with E-state index >= 15 is 0 Å². The molecule has 0 bridgehead atoms. The van der Waals surface area contributed by atoms with Gasteiger partial charge in [0.2, 0.25) is 11.6 Å². The van der Waals surface area contributed by atoms with Crippen molar-refractivity contribution in [2.45, 2.75) is 31.8 Å². The van der Waals surface area contributed by atoms with Crippen LogP contribution in [0.4, 0.5) is 0 Å². The monoisotopic (exact) mass is 425 g/mol. The molecule has 0 spiro atoms. The van der Waals surface area contributed by atoms with Crippen LogP contribution in [0, 0.1) is 0 Å². The number of rotatable bonds is 3. The predicted molar refractivity (Wildman–Crippen MR) is 105 cm³/mol. The lowest BCUT2D eigenvalue weighted by atomic mass is 9.93. The van der Waals surface area contributed by atoms with Crippen molar-refractivity contribution in [3.8, 4) is 0 Å². The second-order valence-electron chi connectivity index (χ2n) is 7.86. The van der Waals surface area contributed by atoms with Crippen molar-refractivity contribution in [2.75, 3.05) is 13.2 Å². The van der Waals surface area contributed by atoms with Crippen molar-refractivity contribution in [2.24, 2.45) is 0 Å². The molecule has 3 aliphatic rings. The van der Waals surface area contributed by atoms with Crippen LogP contribution in [0.3, 0.4) is 0 Å². The van der Waals surface area contributed by atoms with E-state index in [1.807, 2.05) is 6.92 Å². The molecule has 2 amide bonds. The number of benzene rings is 1. The summed E-state index contributed by atoms with van der Waals surface area (Å²) in [6.45, 7) is 2.46. The molecule has 2 saturated heterocycles. The summed E-state index contributed by atoms with van der Waals surface area (Å²) in [6, 6.07) is 3.69. The standard InChI is InChI=1S/C20H19N5O6/c1-9-8-31-14-7-24-6-11(16(26)17(27)15(24)19(29)25(9)14)18(28)21-5-10-2-3-12-13(4-10)23-20(30)22-12/h2-4,6,9,14-15H,5,7-8H2,1H3,(H,21,28)(H2,22,23,30)/t9-,14+,15?/m0/s1. The Bertz CT molecular complexity index is 1230. The molecule has 11 nitrogen and oxygen atoms in total. The summed E-state index contributed by atoms with van der Waals surface area (Å²) in [4.78, 5) is 70.2. The first-order chi connectivity index (χ1) is 14.8. The molecule has 1 unspecified atom stereocenters. The van der Waals surface area contributed by atoms with Crippen LogP contribution in [-0.2, 0) is 30.5 Å². The highest BCUT2D eigenvalue weighted by molar-refractivity contribution is 6.53. The number of nitrogens with zero attached hydrogens (tertiary/aromatic N) is 2. The number of H-pyrrole nitrogens is 2. The summed E-state index contributed by atoms with van der Waals surface area (Å²) in [5.41, 5.74) is 1.27. The smallest absolute Gasteiger partial charge is 0.323 e. The topological polar surface area (TPSA) is 145 Å². The van der Waals surface area contributed by atoms with Gasteiger partial charge in [-0.3, -0.25) is 19.2 Å². The first-order valence-electron chi connectivity index (χ1n) is 9.82. The van der Waals surface area contributed by atoms with Gasteiger partial charge in [-0.2, -0.15) is 0 Å². The molecule has 3 atom stereocenters. The SMILES string of the molecule is C[C@H]1CO[C@@H]2CN3C=C(C(=O)NCc4ccc5[nH]c(=O)[nH]c5c4)C(=O)C(=O)C3C(=O)N12. The highest BCUT2D eigenvalue weighted by Gasteiger charge is 2.52. The Kier molecular flexibility index (Phi) is 4.29. The minimum atomic E-state index is -1.25. The lowest BCUT2D eigenvalue weighted by Gasteiger charge is -2.43. The number of piperazine rings is 1. The Morgan fingerprint density at radius 2 is 1.97 bits per heavy atom. The number of Topliss-reactive ketones (excluding diaryl/α,β-unsaturated/α-hetero) is 2. The summed E-state index contributed by atoms with van der Waals surface area (Å²) in [7, 11) is 0. The van der Waals surface area contributed by atoms with Crippen molar-refractivity contribution in [1.82, 2.24) is 25.1 Å². The van der Waals surface area contributed by atoms with E-state index in [2.05, 4.69) is 15.3 Å². The molecule has 1 aromatic carbocycles. The van der Waals surface area contributed by atoms with E-state index < -0.39 is 35.7 Å². The Morgan fingerprint density at radius 1 is 1.19 bits per heavy atom. The Balaban J connectivity index is 1.35. The second kappa shape index (κ2) is 6.91. The van der Waals surface area contributed by atoms with Gasteiger partial charge in [-0.15, -0.1) is 0 Å². The van der Waals surface area contributed by atoms with Crippen LogP contribution < -0.4 is 11.0 Å². The summed E-state index contributed by atoms with van der Waals surface area (Å²) in [5.74, 6) is -3.09. The molecule has 3 N–H and O–H groups in total. The van der Waals surface area contributed by atoms with E-state index in [1.165, 1.54) is 16.0 Å². The van der Waals surface area contributed by atoms with Gasteiger partial charge in [0.15, 0.2) is 6.04 Å². The van der Waals surface area contributed by atoms with Crippen molar-refractivity contribution >= 4 is 34.4 Å². The van der Waals surface area contributed by atoms with Gasteiger partial charge in [0.1, 0.15) is 11.8 Å². The van der Waals surface area contributed by atoms with Crippen LogP contribution in [-0.4, -0.2) is 74.6 Å². The number of aromatic nitrogens is 2. The number of hydrogen-bond acceptors (Lipinski definition) is 7. The third-order valence-electron chi connectivity index (χ3n) is 5.79. The Morgan fingerprint density at radius 3 is 2.77 bits per heavy atom. The molecule has 0 saturated carbocycles. The van der Waals surface area contributed by atoms with Crippen LogP contribution in [0.5, 0.6) is 0 Å². The number of fused-ring (bicyclic) bond motifs is 3. The maximum atomic E-state index is 12.8. The van der Waals surface area contributed by atoms with Crippen molar-refractivity contribution < 1.29 is 23.9 Å². The first kappa shape index (κ1) is 19.2. The second-order valence-corrected chi connectivity index (χ2v) is 7.86. The van der Waals surface area contributed by atoms with Gasteiger partial charge in [-0.1, -0.05) is 6.07 Å². The molecular formula is C20H19N5O6. The number of imidazole rings is 1. The lowest BCUT2D eigenvalue weighted by molar-refractivity contribution is -0.159. The molecule has 4 heterocycles. The van der Waals surface area contributed by atoms with Crippen LogP contribution in [0.1, 0.15) is 12.5 Å². The van der Waals surface area contributed by atoms with Crippen LogP contribution >= 0.6 is 0 Å². The number of ether oxygens (including phenoxy) is 1. The van der Waals surface area contributed by atoms with Gasteiger partial charge in [-0.25, -0.2) is 4.79 Å². The molecule has 0 radical (unpaired) electrons. The van der Waals surface area contributed by atoms with Gasteiger partial charge in [-0.05, 0) is 24.6 Å². The molecule has 11 heteroatoms. The number of ketones is 2. The van der Waals surface area contributed by atoms with E-state index in [9.17, 15) is 24.0 Å². The summed E-state index contributed by atoms with van der Waals surface area (Å²) >= 11 is 0. The van der Waals surface area contributed by atoms with E-state index in [-0.39, 0.29) is 30.4 Å². The first-order valence-corrected chi connectivity index (χ1v) is 9.82. The van der Waals surface area contributed by atoms with Crippen molar-refractivity contribution in [3.05, 3.63) is 46.0 Å². The van der Waals surface area contributed by atoms with Crippen molar-refractivity contribution in [3.63, 3.8) is 0 Å². The average molecular weight is 425 g/mol. The average Bonchev–Trinajstić information content (AvgIpc) is 3.29. The molecule has 0 aliphatic carbocycles.